The van der Waals surface area contributed by atoms with Crippen molar-refractivity contribution in [1.82, 2.24) is 20.4 Å². The third kappa shape index (κ3) is 5.49. The molecule has 0 saturated heterocycles. The second-order valence-electron chi connectivity index (χ2n) is 8.26. The molecule has 2 aromatic carbocycles. The Balaban J connectivity index is 1.50. The average Bonchev–Trinajstić information content (AvgIpc) is 3.24. The Morgan fingerprint density at radius 1 is 1.09 bits per heavy atom. The van der Waals surface area contributed by atoms with Crippen LogP contribution in [0.1, 0.15) is 42.4 Å². The highest BCUT2D eigenvalue weighted by Gasteiger charge is 2.16. The second kappa shape index (κ2) is 9.73. The standard InChI is InChI=1S/C26H25FN4O2/c1-16(2)26-29-15-22(23-11-17(3)31-33-23)25(30-26)20-9-7-18(8-10-20)14-28-24(32)13-19-5-4-6-21(27)12-19/h4-12,15-16H,13-14H2,1-3H3,(H,28,32). The number of amides is 1. The van der Waals surface area contributed by atoms with E-state index in [1.165, 1.54) is 12.1 Å². The molecule has 0 atom stereocenters. The van der Waals surface area contributed by atoms with E-state index in [1.54, 1.807) is 18.3 Å². The van der Waals surface area contributed by atoms with Crippen LogP contribution in [-0.2, 0) is 17.8 Å². The first-order chi connectivity index (χ1) is 15.9. The number of benzene rings is 2. The van der Waals surface area contributed by atoms with Gasteiger partial charge in [0.1, 0.15) is 11.6 Å². The van der Waals surface area contributed by atoms with Crippen molar-refractivity contribution in [1.29, 1.82) is 0 Å². The number of aryl methyl sites for hydroxylation is 1. The molecule has 0 aliphatic heterocycles. The van der Waals surface area contributed by atoms with E-state index in [4.69, 9.17) is 9.51 Å². The van der Waals surface area contributed by atoms with Crippen LogP contribution < -0.4 is 5.32 Å². The molecule has 168 valence electrons. The number of hydrogen-bond acceptors (Lipinski definition) is 5. The first-order valence-electron chi connectivity index (χ1n) is 10.8. The zero-order chi connectivity index (χ0) is 23.4. The summed E-state index contributed by atoms with van der Waals surface area (Å²) in [5, 5.41) is 6.86. The Morgan fingerprint density at radius 3 is 2.55 bits per heavy atom. The van der Waals surface area contributed by atoms with Gasteiger partial charge in [-0.25, -0.2) is 14.4 Å². The lowest BCUT2D eigenvalue weighted by molar-refractivity contribution is -0.120. The van der Waals surface area contributed by atoms with Crippen molar-refractivity contribution in [3.05, 3.63) is 89.3 Å². The number of carbonyl (C=O) groups excluding carboxylic acids is 1. The Kier molecular flexibility index (Phi) is 6.58. The van der Waals surface area contributed by atoms with Crippen LogP contribution in [0.2, 0.25) is 0 Å². The number of rotatable bonds is 7. The van der Waals surface area contributed by atoms with E-state index in [1.807, 2.05) is 51.1 Å². The van der Waals surface area contributed by atoms with Crippen molar-refractivity contribution in [2.75, 3.05) is 0 Å². The molecule has 0 bridgehead atoms. The molecule has 0 aliphatic carbocycles. The highest BCUT2D eigenvalue weighted by molar-refractivity contribution is 5.79. The van der Waals surface area contributed by atoms with Gasteiger partial charge in [-0.2, -0.15) is 0 Å². The van der Waals surface area contributed by atoms with Gasteiger partial charge in [0.2, 0.25) is 5.91 Å². The van der Waals surface area contributed by atoms with Gasteiger partial charge in [0.15, 0.2) is 5.76 Å². The first kappa shape index (κ1) is 22.3. The molecule has 7 heteroatoms. The van der Waals surface area contributed by atoms with Crippen molar-refractivity contribution >= 4 is 5.91 Å². The molecular formula is C26H25FN4O2. The predicted octanol–water partition coefficient (Wildman–Crippen LogP) is 5.23. The Bertz CT molecular complexity index is 1270. The smallest absolute Gasteiger partial charge is 0.224 e. The molecule has 0 aliphatic rings. The van der Waals surface area contributed by atoms with Crippen LogP contribution in [0.15, 0.2) is 65.3 Å². The van der Waals surface area contributed by atoms with Gasteiger partial charge >= 0.3 is 0 Å². The largest absolute Gasteiger partial charge is 0.356 e. The second-order valence-corrected chi connectivity index (χ2v) is 8.26. The minimum atomic E-state index is -0.346. The van der Waals surface area contributed by atoms with Crippen LogP contribution in [0.5, 0.6) is 0 Å². The normalized spacial score (nSPS) is 11.1. The minimum Gasteiger partial charge on any atom is -0.356 e. The van der Waals surface area contributed by atoms with E-state index in [9.17, 15) is 9.18 Å². The molecule has 1 N–H and O–H groups in total. The number of hydrogen-bond donors (Lipinski definition) is 1. The molecule has 2 heterocycles. The predicted molar refractivity (Wildman–Crippen MR) is 124 cm³/mol. The van der Waals surface area contributed by atoms with Gasteiger partial charge in [-0.1, -0.05) is 55.4 Å². The lowest BCUT2D eigenvalue weighted by Crippen LogP contribution is -2.24. The van der Waals surface area contributed by atoms with E-state index < -0.39 is 0 Å². The van der Waals surface area contributed by atoms with Crippen molar-refractivity contribution in [3.63, 3.8) is 0 Å². The van der Waals surface area contributed by atoms with E-state index in [2.05, 4.69) is 15.5 Å². The Hall–Kier alpha value is -3.87. The topological polar surface area (TPSA) is 80.9 Å². The molecule has 0 saturated carbocycles. The van der Waals surface area contributed by atoms with Gasteiger partial charge < -0.3 is 9.84 Å². The fourth-order valence-corrected chi connectivity index (χ4v) is 3.44. The average molecular weight is 445 g/mol. The summed E-state index contributed by atoms with van der Waals surface area (Å²) in [6.45, 7) is 6.34. The van der Waals surface area contributed by atoms with E-state index >= 15 is 0 Å². The molecular weight excluding hydrogens is 419 g/mol. The quantitative estimate of drug-likeness (QED) is 0.422. The van der Waals surface area contributed by atoms with Gasteiger partial charge in [-0.05, 0) is 30.2 Å². The van der Waals surface area contributed by atoms with Gasteiger partial charge in [0.05, 0.1) is 23.4 Å². The monoisotopic (exact) mass is 444 g/mol. The Labute approximate surface area is 191 Å². The van der Waals surface area contributed by atoms with Gasteiger partial charge in [0, 0.05) is 30.3 Å². The van der Waals surface area contributed by atoms with E-state index in [0.717, 1.165) is 33.9 Å². The van der Waals surface area contributed by atoms with E-state index in [-0.39, 0.29) is 24.1 Å². The van der Waals surface area contributed by atoms with Crippen molar-refractivity contribution in [3.8, 4) is 22.6 Å². The molecule has 4 aromatic rings. The summed E-state index contributed by atoms with van der Waals surface area (Å²) in [6, 6.07) is 15.8. The maximum atomic E-state index is 13.3. The van der Waals surface area contributed by atoms with Crippen LogP contribution >= 0.6 is 0 Å². The number of aromatic nitrogens is 3. The minimum absolute atomic E-state index is 0.134. The number of halogens is 1. The number of carbonyl (C=O) groups is 1. The summed E-state index contributed by atoms with van der Waals surface area (Å²) in [6.07, 6.45) is 1.91. The SMILES string of the molecule is Cc1cc(-c2cnc(C(C)C)nc2-c2ccc(CNC(=O)Cc3cccc(F)c3)cc2)on1. The highest BCUT2D eigenvalue weighted by Crippen LogP contribution is 2.31. The summed E-state index contributed by atoms with van der Waals surface area (Å²) >= 11 is 0. The number of nitrogens with zero attached hydrogens (tertiary/aromatic N) is 3. The van der Waals surface area contributed by atoms with Gasteiger partial charge in [-0.15, -0.1) is 0 Å². The summed E-state index contributed by atoms with van der Waals surface area (Å²) < 4.78 is 18.8. The third-order valence-corrected chi connectivity index (χ3v) is 5.19. The Morgan fingerprint density at radius 2 is 1.88 bits per heavy atom. The fourth-order valence-electron chi connectivity index (χ4n) is 3.44. The van der Waals surface area contributed by atoms with Crippen LogP contribution in [0.4, 0.5) is 4.39 Å². The third-order valence-electron chi connectivity index (χ3n) is 5.19. The molecule has 0 unspecified atom stereocenters. The zero-order valence-electron chi connectivity index (χ0n) is 18.8. The molecule has 1 amide bonds. The first-order valence-corrected chi connectivity index (χ1v) is 10.8. The maximum Gasteiger partial charge on any atom is 0.224 e. The van der Waals surface area contributed by atoms with Gasteiger partial charge in [0.25, 0.3) is 0 Å². The molecule has 2 aromatic heterocycles. The highest BCUT2D eigenvalue weighted by atomic mass is 19.1. The lowest BCUT2D eigenvalue weighted by atomic mass is 10.0. The number of nitrogens with one attached hydrogen (secondary N) is 1. The summed E-state index contributed by atoms with van der Waals surface area (Å²) in [5.74, 6) is 1.04. The molecule has 0 spiro atoms. The van der Waals surface area contributed by atoms with Crippen molar-refractivity contribution in [2.24, 2.45) is 0 Å². The van der Waals surface area contributed by atoms with Crippen molar-refractivity contribution < 1.29 is 13.7 Å². The van der Waals surface area contributed by atoms with Crippen molar-refractivity contribution in [2.45, 2.75) is 39.7 Å². The van der Waals surface area contributed by atoms with Crippen LogP contribution in [-0.4, -0.2) is 21.0 Å². The molecule has 33 heavy (non-hydrogen) atoms. The molecule has 6 nitrogen and oxygen atoms in total. The van der Waals surface area contributed by atoms with Crippen LogP contribution in [0.3, 0.4) is 0 Å². The zero-order valence-corrected chi connectivity index (χ0v) is 18.8. The van der Waals surface area contributed by atoms with E-state index in [0.29, 0.717) is 17.9 Å². The lowest BCUT2D eigenvalue weighted by Gasteiger charge is -2.11. The van der Waals surface area contributed by atoms with Crippen LogP contribution in [0, 0.1) is 12.7 Å². The van der Waals surface area contributed by atoms with Gasteiger partial charge in [-0.3, -0.25) is 4.79 Å². The summed E-state index contributed by atoms with van der Waals surface area (Å²) in [4.78, 5) is 21.5. The van der Waals surface area contributed by atoms with Crippen LogP contribution in [0.25, 0.3) is 22.6 Å². The molecule has 4 rings (SSSR count). The summed E-state index contributed by atoms with van der Waals surface area (Å²) in [5.41, 5.74) is 4.83. The fraction of sp³-hybridized carbons (Fsp3) is 0.231. The maximum absolute atomic E-state index is 13.3. The molecule has 0 fully saturated rings. The molecule has 0 radical (unpaired) electrons. The summed E-state index contributed by atoms with van der Waals surface area (Å²) in [7, 11) is 0.